The van der Waals surface area contributed by atoms with Crippen molar-refractivity contribution in [3.63, 3.8) is 0 Å². The Hall–Kier alpha value is -1.73. The molecule has 7 heteroatoms. The molecule has 0 aliphatic rings. The number of nitrogens with one attached hydrogen (secondary N) is 1. The molecule has 1 atom stereocenters. The van der Waals surface area contributed by atoms with Crippen LogP contribution in [0.25, 0.3) is 0 Å². The van der Waals surface area contributed by atoms with E-state index in [9.17, 15) is 13.2 Å². The second-order valence-corrected chi connectivity index (χ2v) is 8.30. The highest BCUT2D eigenvalue weighted by Gasteiger charge is 2.21. The molecule has 2 rings (SSSR count). The Labute approximate surface area is 134 Å². The molecule has 0 aliphatic heterocycles. The highest BCUT2D eigenvalue weighted by atomic mass is 32.2. The van der Waals surface area contributed by atoms with E-state index in [1.54, 1.807) is 12.1 Å². The molecule has 2 aromatic rings. The van der Waals surface area contributed by atoms with Gasteiger partial charge in [-0.25, -0.2) is 13.4 Å². The van der Waals surface area contributed by atoms with Crippen molar-refractivity contribution in [1.29, 1.82) is 0 Å². The molecule has 0 fully saturated rings. The number of amides is 1. The first-order valence-electron chi connectivity index (χ1n) is 6.87. The molecular formula is C15H18N2O3S2. The number of thiazole rings is 1. The molecule has 0 saturated heterocycles. The van der Waals surface area contributed by atoms with E-state index in [0.717, 1.165) is 23.2 Å². The second-order valence-electron chi connectivity index (χ2n) is 5.00. The Bertz CT molecular complexity index is 739. The van der Waals surface area contributed by atoms with Crippen LogP contribution in [0, 0.1) is 0 Å². The Morgan fingerprint density at radius 3 is 2.55 bits per heavy atom. The molecule has 5 nitrogen and oxygen atoms in total. The number of hydrogen-bond donors (Lipinski definition) is 1. The van der Waals surface area contributed by atoms with Crippen LogP contribution in [0.5, 0.6) is 0 Å². The smallest absolute Gasteiger partial charge is 0.263 e. The summed E-state index contributed by atoms with van der Waals surface area (Å²) in [5.74, 6) is -0.433. The van der Waals surface area contributed by atoms with Crippen LogP contribution in [0.15, 0.2) is 36.5 Å². The van der Waals surface area contributed by atoms with Crippen molar-refractivity contribution in [2.45, 2.75) is 19.4 Å². The molecule has 0 radical (unpaired) electrons. The van der Waals surface area contributed by atoms with E-state index in [4.69, 9.17) is 0 Å². The number of aromatic nitrogens is 1. The van der Waals surface area contributed by atoms with E-state index in [2.05, 4.69) is 10.3 Å². The summed E-state index contributed by atoms with van der Waals surface area (Å²) in [5.41, 5.74) is 0.765. The van der Waals surface area contributed by atoms with Crippen molar-refractivity contribution >= 4 is 27.1 Å². The lowest BCUT2D eigenvalue weighted by atomic mass is 10.1. The van der Waals surface area contributed by atoms with Gasteiger partial charge in [-0.1, -0.05) is 37.3 Å². The van der Waals surface area contributed by atoms with Gasteiger partial charge in [0.05, 0.1) is 23.0 Å². The van der Waals surface area contributed by atoms with Gasteiger partial charge < -0.3 is 5.32 Å². The highest BCUT2D eigenvalue weighted by molar-refractivity contribution is 7.90. The summed E-state index contributed by atoms with van der Waals surface area (Å²) in [6, 6.07) is 8.52. The van der Waals surface area contributed by atoms with Crippen molar-refractivity contribution in [2.24, 2.45) is 0 Å². The van der Waals surface area contributed by atoms with Gasteiger partial charge in [0.25, 0.3) is 5.91 Å². The number of nitrogens with zero attached hydrogens (tertiary/aromatic N) is 1. The largest absolute Gasteiger partial charge is 0.343 e. The fourth-order valence-corrected chi connectivity index (χ4v) is 3.66. The monoisotopic (exact) mass is 338 g/mol. The van der Waals surface area contributed by atoms with Gasteiger partial charge in [-0.15, -0.1) is 11.3 Å². The minimum absolute atomic E-state index is 0.137. The minimum atomic E-state index is -3.23. The summed E-state index contributed by atoms with van der Waals surface area (Å²) in [5, 5.41) is 3.68. The molecule has 0 bridgehead atoms. The van der Waals surface area contributed by atoms with Crippen LogP contribution in [-0.4, -0.2) is 31.3 Å². The molecule has 1 heterocycles. The number of rotatable bonds is 6. The SMILES string of the molecule is CCc1ncc(C(=O)N[C@H](CS(C)(=O)=O)c2ccccc2)s1. The van der Waals surface area contributed by atoms with Gasteiger partial charge in [0.2, 0.25) is 0 Å². The van der Waals surface area contributed by atoms with E-state index in [-0.39, 0.29) is 11.7 Å². The van der Waals surface area contributed by atoms with Gasteiger partial charge in [0, 0.05) is 6.26 Å². The third-order valence-electron chi connectivity index (χ3n) is 3.06. The first-order valence-corrected chi connectivity index (χ1v) is 9.75. The third-order valence-corrected chi connectivity index (χ3v) is 5.14. The van der Waals surface area contributed by atoms with Crippen LogP contribution >= 0.6 is 11.3 Å². The van der Waals surface area contributed by atoms with Gasteiger partial charge in [-0.2, -0.15) is 0 Å². The third kappa shape index (κ3) is 4.64. The summed E-state index contributed by atoms with van der Waals surface area (Å²) < 4.78 is 23.2. The molecule has 0 unspecified atom stereocenters. The number of hydrogen-bond acceptors (Lipinski definition) is 5. The van der Waals surface area contributed by atoms with Gasteiger partial charge in [-0.05, 0) is 12.0 Å². The summed E-state index contributed by atoms with van der Waals surface area (Å²) in [6.45, 7) is 1.97. The fraction of sp³-hybridized carbons (Fsp3) is 0.333. The Morgan fingerprint density at radius 2 is 2.00 bits per heavy atom. The molecule has 0 spiro atoms. The van der Waals surface area contributed by atoms with Gasteiger partial charge in [0.1, 0.15) is 14.7 Å². The maximum absolute atomic E-state index is 12.3. The summed E-state index contributed by atoms with van der Waals surface area (Å²) in [4.78, 5) is 16.9. The van der Waals surface area contributed by atoms with E-state index in [1.807, 2.05) is 25.1 Å². The van der Waals surface area contributed by atoms with Crippen LogP contribution in [0.2, 0.25) is 0 Å². The zero-order chi connectivity index (χ0) is 16.2. The zero-order valence-electron chi connectivity index (χ0n) is 12.4. The zero-order valence-corrected chi connectivity index (χ0v) is 14.1. The molecular weight excluding hydrogens is 320 g/mol. The van der Waals surface area contributed by atoms with Crippen molar-refractivity contribution < 1.29 is 13.2 Å². The van der Waals surface area contributed by atoms with Crippen molar-refractivity contribution in [3.8, 4) is 0 Å². The Morgan fingerprint density at radius 1 is 1.32 bits per heavy atom. The van der Waals surface area contributed by atoms with E-state index in [1.165, 1.54) is 17.5 Å². The van der Waals surface area contributed by atoms with Crippen LogP contribution < -0.4 is 5.32 Å². The number of carbonyl (C=O) groups excluding carboxylic acids is 1. The predicted octanol–water partition coefficient (Wildman–Crippen LogP) is 2.22. The lowest BCUT2D eigenvalue weighted by Crippen LogP contribution is -2.32. The molecule has 1 aromatic carbocycles. The quantitative estimate of drug-likeness (QED) is 0.876. The topological polar surface area (TPSA) is 76.1 Å². The molecule has 0 aliphatic carbocycles. The van der Waals surface area contributed by atoms with Crippen LogP contribution in [0.4, 0.5) is 0 Å². The van der Waals surface area contributed by atoms with Crippen LogP contribution in [0.1, 0.15) is 33.2 Å². The second kappa shape index (κ2) is 7.02. The fourth-order valence-electron chi connectivity index (χ4n) is 2.02. The first-order chi connectivity index (χ1) is 10.4. The summed E-state index contributed by atoms with van der Waals surface area (Å²) >= 11 is 1.32. The predicted molar refractivity (Wildman–Crippen MR) is 87.9 cm³/mol. The first kappa shape index (κ1) is 16.6. The lowest BCUT2D eigenvalue weighted by molar-refractivity contribution is 0.0944. The molecule has 118 valence electrons. The minimum Gasteiger partial charge on any atom is -0.343 e. The summed E-state index contributed by atoms with van der Waals surface area (Å²) in [6.07, 6.45) is 3.46. The van der Waals surface area contributed by atoms with Gasteiger partial charge in [-0.3, -0.25) is 4.79 Å². The van der Waals surface area contributed by atoms with Crippen molar-refractivity contribution in [2.75, 3.05) is 12.0 Å². The van der Waals surface area contributed by atoms with Crippen LogP contribution in [0.3, 0.4) is 0 Å². The normalized spacial score (nSPS) is 12.8. The molecule has 22 heavy (non-hydrogen) atoms. The van der Waals surface area contributed by atoms with Crippen molar-refractivity contribution in [3.05, 3.63) is 52.0 Å². The highest BCUT2D eigenvalue weighted by Crippen LogP contribution is 2.18. The standard InChI is InChI=1S/C15H18N2O3S2/c1-3-14-16-9-13(21-14)15(18)17-12(10-22(2,19)20)11-7-5-4-6-8-11/h4-9,12H,3,10H2,1-2H3,(H,17,18)/t12-/m1/s1. The lowest BCUT2D eigenvalue weighted by Gasteiger charge is -2.17. The number of sulfone groups is 1. The van der Waals surface area contributed by atoms with Crippen molar-refractivity contribution in [1.82, 2.24) is 10.3 Å². The average Bonchev–Trinajstić information content (AvgIpc) is 2.95. The van der Waals surface area contributed by atoms with Crippen LogP contribution in [-0.2, 0) is 16.3 Å². The maximum Gasteiger partial charge on any atom is 0.263 e. The number of carbonyl (C=O) groups is 1. The Kier molecular flexibility index (Phi) is 5.31. The number of aryl methyl sites for hydroxylation is 1. The maximum atomic E-state index is 12.3. The van der Waals surface area contributed by atoms with Gasteiger partial charge >= 0.3 is 0 Å². The molecule has 1 amide bonds. The van der Waals surface area contributed by atoms with E-state index >= 15 is 0 Å². The van der Waals surface area contributed by atoms with E-state index in [0.29, 0.717) is 4.88 Å². The number of benzene rings is 1. The summed E-state index contributed by atoms with van der Waals surface area (Å²) in [7, 11) is -3.23. The Balaban J connectivity index is 2.20. The molecule has 1 aromatic heterocycles. The van der Waals surface area contributed by atoms with Gasteiger partial charge in [0.15, 0.2) is 0 Å². The molecule has 1 N–H and O–H groups in total. The van der Waals surface area contributed by atoms with E-state index < -0.39 is 15.9 Å². The molecule has 0 saturated carbocycles. The average molecular weight is 338 g/mol.